The highest BCUT2D eigenvalue weighted by atomic mass is 35.5. The average molecular weight is 317 g/mol. The lowest BCUT2D eigenvalue weighted by Gasteiger charge is -2.12. The lowest BCUT2D eigenvalue weighted by molar-refractivity contribution is 0.181. The highest BCUT2D eigenvalue weighted by Crippen LogP contribution is 2.24. The fourth-order valence-electron chi connectivity index (χ4n) is 2.46. The molecule has 0 fully saturated rings. The van der Waals surface area contributed by atoms with Crippen LogP contribution in [0, 0.1) is 0 Å². The van der Waals surface area contributed by atoms with Crippen LogP contribution in [0.3, 0.4) is 0 Å². The van der Waals surface area contributed by atoms with Gasteiger partial charge in [0.05, 0.1) is 22.6 Å². The number of benzene rings is 2. The Morgan fingerprint density at radius 2 is 1.91 bits per heavy atom. The maximum Gasteiger partial charge on any atom is 0.138 e. The number of para-hydroxylation sites is 3. The minimum Gasteiger partial charge on any atom is -0.490 e. The molecule has 1 aromatic heterocycles. The minimum absolute atomic E-state index is 0.448. The normalized spacial score (nSPS) is 12.5. The molecule has 5 heteroatoms. The first-order valence-corrected chi connectivity index (χ1v) is 7.55. The molecule has 0 saturated carbocycles. The monoisotopic (exact) mass is 316 g/mol. The molecule has 0 spiro atoms. The Kier molecular flexibility index (Phi) is 4.32. The number of ether oxygens (including phenoxy) is 1. The van der Waals surface area contributed by atoms with Gasteiger partial charge in [-0.05, 0) is 31.2 Å². The van der Waals surface area contributed by atoms with Crippen molar-refractivity contribution in [1.82, 2.24) is 9.55 Å². The number of rotatable bonds is 5. The molecular weight excluding hydrogens is 300 g/mol. The smallest absolute Gasteiger partial charge is 0.138 e. The molecule has 1 unspecified atom stereocenters. The summed E-state index contributed by atoms with van der Waals surface area (Å²) in [4.78, 5) is 4.49. The number of fused-ring (bicyclic) bond motifs is 1. The molecular formula is C17H17ClN2O2. The fourth-order valence-corrected chi connectivity index (χ4v) is 2.65. The first-order chi connectivity index (χ1) is 10.7. The largest absolute Gasteiger partial charge is 0.490 e. The molecule has 114 valence electrons. The molecule has 0 aliphatic heterocycles. The Morgan fingerprint density at radius 3 is 2.68 bits per heavy atom. The molecule has 3 aromatic rings. The third kappa shape index (κ3) is 2.93. The summed E-state index contributed by atoms with van der Waals surface area (Å²) >= 11 is 6.08. The van der Waals surface area contributed by atoms with Crippen molar-refractivity contribution in [3.05, 3.63) is 59.4 Å². The van der Waals surface area contributed by atoms with E-state index in [2.05, 4.69) is 4.98 Å². The van der Waals surface area contributed by atoms with Crippen molar-refractivity contribution < 1.29 is 9.84 Å². The van der Waals surface area contributed by atoms with Gasteiger partial charge in [-0.3, -0.25) is 0 Å². The van der Waals surface area contributed by atoms with Crippen molar-refractivity contribution in [3.8, 4) is 5.75 Å². The van der Waals surface area contributed by atoms with Gasteiger partial charge < -0.3 is 14.4 Å². The van der Waals surface area contributed by atoms with Gasteiger partial charge in [0.2, 0.25) is 0 Å². The van der Waals surface area contributed by atoms with Crippen LogP contribution in [0.25, 0.3) is 11.0 Å². The van der Waals surface area contributed by atoms with Gasteiger partial charge in [0.1, 0.15) is 24.3 Å². The molecule has 0 bridgehead atoms. The van der Waals surface area contributed by atoms with Crippen LogP contribution in [0.4, 0.5) is 0 Å². The Bertz CT molecular complexity index is 783. The van der Waals surface area contributed by atoms with Crippen LogP contribution >= 0.6 is 11.6 Å². The van der Waals surface area contributed by atoms with Gasteiger partial charge in [-0.15, -0.1) is 0 Å². The van der Waals surface area contributed by atoms with Gasteiger partial charge >= 0.3 is 0 Å². The minimum atomic E-state index is -0.632. The summed E-state index contributed by atoms with van der Waals surface area (Å²) in [6.45, 7) is 2.75. The van der Waals surface area contributed by atoms with Crippen LogP contribution < -0.4 is 4.74 Å². The van der Waals surface area contributed by atoms with E-state index in [0.717, 1.165) is 11.0 Å². The van der Waals surface area contributed by atoms with Gasteiger partial charge in [0.15, 0.2) is 0 Å². The van der Waals surface area contributed by atoms with Gasteiger partial charge in [-0.25, -0.2) is 4.98 Å². The Hall–Kier alpha value is -2.04. The standard InChI is InChI=1S/C17H17ClN2O2/c1-12(21)17-19-14-7-3-4-8-15(14)20(17)10-11-22-16-9-5-2-6-13(16)18/h2-9,12,21H,10-11H2,1H3. The second-order valence-corrected chi connectivity index (χ2v) is 5.47. The van der Waals surface area contributed by atoms with Crippen molar-refractivity contribution in [3.63, 3.8) is 0 Å². The van der Waals surface area contributed by atoms with Crippen molar-refractivity contribution in [2.75, 3.05) is 6.61 Å². The number of hydrogen-bond donors (Lipinski definition) is 1. The van der Waals surface area contributed by atoms with Crippen molar-refractivity contribution in [2.45, 2.75) is 19.6 Å². The van der Waals surface area contributed by atoms with Crippen molar-refractivity contribution in [1.29, 1.82) is 0 Å². The highest BCUT2D eigenvalue weighted by Gasteiger charge is 2.14. The Morgan fingerprint density at radius 1 is 1.18 bits per heavy atom. The molecule has 0 aliphatic rings. The topological polar surface area (TPSA) is 47.3 Å². The van der Waals surface area contributed by atoms with Crippen LogP contribution in [0.15, 0.2) is 48.5 Å². The molecule has 0 aliphatic carbocycles. The van der Waals surface area contributed by atoms with Crippen LogP contribution in [-0.4, -0.2) is 21.3 Å². The molecule has 1 heterocycles. The second kappa shape index (κ2) is 6.38. The molecule has 0 radical (unpaired) electrons. The zero-order valence-corrected chi connectivity index (χ0v) is 13.0. The van der Waals surface area contributed by atoms with E-state index in [-0.39, 0.29) is 0 Å². The second-order valence-electron chi connectivity index (χ2n) is 5.07. The number of nitrogens with zero attached hydrogens (tertiary/aromatic N) is 2. The molecule has 0 amide bonds. The molecule has 1 N–H and O–H groups in total. The summed E-state index contributed by atoms with van der Waals surface area (Å²) in [5.41, 5.74) is 1.86. The number of imidazole rings is 1. The molecule has 2 aromatic carbocycles. The summed E-state index contributed by atoms with van der Waals surface area (Å²) in [5.74, 6) is 1.30. The zero-order chi connectivity index (χ0) is 15.5. The van der Waals surface area contributed by atoms with Gasteiger partial charge in [-0.2, -0.15) is 0 Å². The van der Waals surface area contributed by atoms with Crippen LogP contribution in [0.5, 0.6) is 5.75 Å². The quantitative estimate of drug-likeness (QED) is 0.778. The van der Waals surface area contributed by atoms with Gasteiger partial charge in [0.25, 0.3) is 0 Å². The van der Waals surface area contributed by atoms with E-state index >= 15 is 0 Å². The van der Waals surface area contributed by atoms with E-state index in [1.54, 1.807) is 13.0 Å². The van der Waals surface area contributed by atoms with E-state index in [0.29, 0.717) is 29.7 Å². The van der Waals surface area contributed by atoms with Crippen molar-refractivity contribution >= 4 is 22.6 Å². The third-order valence-electron chi connectivity index (χ3n) is 3.47. The van der Waals surface area contributed by atoms with Crippen LogP contribution in [-0.2, 0) is 6.54 Å². The number of aliphatic hydroxyl groups is 1. The van der Waals surface area contributed by atoms with E-state index in [4.69, 9.17) is 16.3 Å². The van der Waals surface area contributed by atoms with Crippen LogP contribution in [0.1, 0.15) is 18.9 Å². The zero-order valence-electron chi connectivity index (χ0n) is 12.2. The summed E-state index contributed by atoms with van der Waals surface area (Å²) in [5, 5.41) is 10.5. The summed E-state index contributed by atoms with van der Waals surface area (Å²) in [7, 11) is 0. The molecule has 3 rings (SSSR count). The fraction of sp³-hybridized carbons (Fsp3) is 0.235. The Labute approximate surface area is 133 Å². The predicted molar refractivity (Wildman–Crippen MR) is 87.3 cm³/mol. The SMILES string of the molecule is CC(O)c1nc2ccccc2n1CCOc1ccccc1Cl. The molecule has 4 nitrogen and oxygen atoms in total. The maximum atomic E-state index is 9.92. The van der Waals surface area contributed by atoms with E-state index in [1.165, 1.54) is 0 Å². The number of aliphatic hydroxyl groups excluding tert-OH is 1. The lowest BCUT2D eigenvalue weighted by Crippen LogP contribution is -2.13. The number of hydrogen-bond acceptors (Lipinski definition) is 3. The molecule has 0 saturated heterocycles. The molecule has 1 atom stereocenters. The summed E-state index contributed by atoms with van der Waals surface area (Å²) in [6.07, 6.45) is -0.632. The van der Waals surface area contributed by atoms with Gasteiger partial charge in [-0.1, -0.05) is 35.9 Å². The summed E-state index contributed by atoms with van der Waals surface area (Å²) in [6, 6.07) is 15.2. The van der Waals surface area contributed by atoms with E-state index in [1.807, 2.05) is 47.0 Å². The predicted octanol–water partition coefficient (Wildman–Crippen LogP) is 3.82. The van der Waals surface area contributed by atoms with Gasteiger partial charge in [0, 0.05) is 0 Å². The number of aromatic nitrogens is 2. The Balaban J connectivity index is 1.81. The maximum absolute atomic E-state index is 9.92. The first kappa shape index (κ1) is 14.9. The number of halogens is 1. The van der Waals surface area contributed by atoms with E-state index < -0.39 is 6.10 Å². The third-order valence-corrected chi connectivity index (χ3v) is 3.78. The average Bonchev–Trinajstić information content (AvgIpc) is 2.88. The summed E-state index contributed by atoms with van der Waals surface area (Å²) < 4.78 is 7.71. The van der Waals surface area contributed by atoms with Crippen LogP contribution in [0.2, 0.25) is 5.02 Å². The lowest BCUT2D eigenvalue weighted by atomic mass is 10.3. The van der Waals surface area contributed by atoms with Crippen molar-refractivity contribution in [2.24, 2.45) is 0 Å². The molecule has 22 heavy (non-hydrogen) atoms. The first-order valence-electron chi connectivity index (χ1n) is 7.17. The highest BCUT2D eigenvalue weighted by molar-refractivity contribution is 6.32. The van der Waals surface area contributed by atoms with E-state index in [9.17, 15) is 5.11 Å².